The molecular weight excluding hydrogens is 501 g/mol. The number of amides is 1. The van der Waals surface area contributed by atoms with Crippen molar-refractivity contribution in [2.24, 2.45) is 0 Å². The average Bonchev–Trinajstić information content (AvgIpc) is 3.57. The van der Waals surface area contributed by atoms with E-state index in [1.54, 1.807) is 22.7 Å². The Hall–Kier alpha value is -4.29. The molecule has 3 heterocycles. The summed E-state index contributed by atoms with van der Waals surface area (Å²) >= 11 is 0. The summed E-state index contributed by atoms with van der Waals surface area (Å²) in [6, 6.07) is 8.02. The maximum atomic E-state index is 13.2. The van der Waals surface area contributed by atoms with E-state index in [0.29, 0.717) is 22.5 Å². The van der Waals surface area contributed by atoms with Gasteiger partial charge in [-0.15, -0.1) is 10.2 Å². The number of imidazole rings is 1. The van der Waals surface area contributed by atoms with Crippen LogP contribution < -0.4 is 14.8 Å². The molecule has 1 saturated carbocycles. The lowest BCUT2D eigenvalue weighted by atomic mass is 10.1. The highest BCUT2D eigenvalue weighted by molar-refractivity contribution is 6.01. The lowest BCUT2D eigenvalue weighted by Crippen LogP contribution is -2.26. The van der Waals surface area contributed by atoms with Crippen LogP contribution in [0.4, 0.5) is 22.0 Å². The summed E-state index contributed by atoms with van der Waals surface area (Å²) in [4.78, 5) is 17.0. The van der Waals surface area contributed by atoms with Crippen LogP contribution in [0.5, 0.6) is 11.5 Å². The molecule has 1 aromatic carbocycles. The number of halogens is 5. The van der Waals surface area contributed by atoms with Gasteiger partial charge in [0.2, 0.25) is 0 Å². The number of pyridine rings is 1. The number of methoxy groups -OCH3 is 1. The summed E-state index contributed by atoms with van der Waals surface area (Å²) in [5.41, 5.74) is 0.676. The molecule has 0 bridgehead atoms. The summed E-state index contributed by atoms with van der Waals surface area (Å²) < 4.78 is 76.4. The molecule has 0 unspecified atom stereocenters. The molecule has 192 valence electrons. The highest BCUT2D eigenvalue weighted by atomic mass is 19.4. The van der Waals surface area contributed by atoms with E-state index in [1.807, 2.05) is 0 Å². The SMILES string of the molecule is COc1cc(-c2cnc3cc(-c4ccc(C(F)(F)F)nn4)ccn23)cc(OC(F)F)c1C(=O)NC1CC1. The van der Waals surface area contributed by atoms with Gasteiger partial charge in [0, 0.05) is 23.4 Å². The predicted octanol–water partition coefficient (Wildman–Crippen LogP) is 4.98. The number of carbonyl (C=O) groups excluding carboxylic acids is 1. The highest BCUT2D eigenvalue weighted by Gasteiger charge is 2.33. The average molecular weight is 519 g/mol. The third-order valence-corrected chi connectivity index (χ3v) is 5.70. The van der Waals surface area contributed by atoms with Crippen molar-refractivity contribution in [3.05, 3.63) is 60.0 Å². The Bertz CT molecular complexity index is 1470. The van der Waals surface area contributed by atoms with Gasteiger partial charge in [-0.2, -0.15) is 22.0 Å². The van der Waals surface area contributed by atoms with Gasteiger partial charge in [-0.3, -0.25) is 9.20 Å². The van der Waals surface area contributed by atoms with Crippen LogP contribution in [0, 0.1) is 0 Å². The molecule has 8 nitrogen and oxygen atoms in total. The van der Waals surface area contributed by atoms with E-state index in [2.05, 4.69) is 25.2 Å². The predicted molar refractivity (Wildman–Crippen MR) is 120 cm³/mol. The van der Waals surface area contributed by atoms with Crippen LogP contribution in [0.25, 0.3) is 28.2 Å². The number of hydrogen-bond donors (Lipinski definition) is 1. The van der Waals surface area contributed by atoms with Gasteiger partial charge in [0.05, 0.1) is 24.7 Å². The molecule has 0 atom stereocenters. The molecule has 13 heteroatoms. The largest absolute Gasteiger partial charge is 0.496 e. The van der Waals surface area contributed by atoms with Crippen LogP contribution >= 0.6 is 0 Å². The number of nitrogens with one attached hydrogen (secondary N) is 1. The zero-order chi connectivity index (χ0) is 26.3. The molecule has 0 spiro atoms. The van der Waals surface area contributed by atoms with Crippen molar-refractivity contribution in [1.29, 1.82) is 0 Å². The summed E-state index contributed by atoms with van der Waals surface area (Å²) in [5, 5.41) is 9.62. The van der Waals surface area contributed by atoms with Gasteiger partial charge in [-0.1, -0.05) is 0 Å². The first-order valence-corrected chi connectivity index (χ1v) is 11.0. The fourth-order valence-corrected chi connectivity index (χ4v) is 3.79. The van der Waals surface area contributed by atoms with Crippen LogP contribution in [0.3, 0.4) is 0 Å². The third-order valence-electron chi connectivity index (χ3n) is 5.70. The number of fused-ring (bicyclic) bond motifs is 1. The summed E-state index contributed by atoms with van der Waals surface area (Å²) in [7, 11) is 1.31. The second-order valence-corrected chi connectivity index (χ2v) is 8.27. The van der Waals surface area contributed by atoms with Gasteiger partial charge in [0.1, 0.15) is 22.7 Å². The summed E-state index contributed by atoms with van der Waals surface area (Å²) in [6.07, 6.45) is 0.0796. The number of rotatable bonds is 7. The van der Waals surface area contributed by atoms with E-state index in [0.717, 1.165) is 18.9 Å². The minimum Gasteiger partial charge on any atom is -0.496 e. The number of alkyl halides is 5. The number of hydrogen-bond acceptors (Lipinski definition) is 6. The Morgan fingerprint density at radius 3 is 2.46 bits per heavy atom. The van der Waals surface area contributed by atoms with Crippen molar-refractivity contribution in [2.45, 2.75) is 31.7 Å². The maximum absolute atomic E-state index is 13.2. The molecular formula is C24H18F5N5O3. The number of carbonyl (C=O) groups is 1. The first-order chi connectivity index (χ1) is 17.6. The van der Waals surface area contributed by atoms with Gasteiger partial charge in [0.15, 0.2) is 5.69 Å². The van der Waals surface area contributed by atoms with Gasteiger partial charge in [-0.25, -0.2) is 4.98 Å². The fraction of sp³-hybridized carbons (Fsp3) is 0.250. The monoisotopic (exact) mass is 519 g/mol. The van der Waals surface area contributed by atoms with Gasteiger partial charge in [-0.05, 0) is 49.2 Å². The lowest BCUT2D eigenvalue weighted by molar-refractivity contribution is -0.141. The van der Waals surface area contributed by atoms with Crippen LogP contribution in [0.2, 0.25) is 0 Å². The van der Waals surface area contributed by atoms with Crippen molar-refractivity contribution < 1.29 is 36.2 Å². The van der Waals surface area contributed by atoms with E-state index in [9.17, 15) is 26.7 Å². The normalized spacial score (nSPS) is 13.7. The van der Waals surface area contributed by atoms with Crippen LogP contribution in [0.1, 0.15) is 28.9 Å². The number of aromatic nitrogens is 4. The van der Waals surface area contributed by atoms with E-state index in [4.69, 9.17) is 4.74 Å². The second-order valence-electron chi connectivity index (χ2n) is 8.27. The zero-order valence-electron chi connectivity index (χ0n) is 19.1. The first kappa shape index (κ1) is 24.4. The highest BCUT2D eigenvalue weighted by Crippen LogP contribution is 2.37. The molecule has 3 aromatic heterocycles. The lowest BCUT2D eigenvalue weighted by Gasteiger charge is -2.16. The van der Waals surface area contributed by atoms with E-state index in [-0.39, 0.29) is 28.8 Å². The molecule has 1 aliphatic carbocycles. The summed E-state index contributed by atoms with van der Waals surface area (Å²) in [6.45, 7) is -3.18. The van der Waals surface area contributed by atoms with Crippen LogP contribution in [0.15, 0.2) is 48.8 Å². The van der Waals surface area contributed by atoms with Gasteiger partial charge in [0.25, 0.3) is 5.91 Å². The Kier molecular flexibility index (Phi) is 6.13. The van der Waals surface area contributed by atoms with Gasteiger partial charge >= 0.3 is 12.8 Å². The van der Waals surface area contributed by atoms with Crippen molar-refractivity contribution in [1.82, 2.24) is 24.9 Å². The molecule has 1 aliphatic rings. The second kappa shape index (κ2) is 9.30. The molecule has 1 N–H and O–H groups in total. The topological polar surface area (TPSA) is 90.6 Å². The molecule has 0 saturated heterocycles. The smallest absolute Gasteiger partial charge is 0.435 e. The maximum Gasteiger partial charge on any atom is 0.435 e. The molecule has 5 rings (SSSR count). The molecule has 37 heavy (non-hydrogen) atoms. The van der Waals surface area contributed by atoms with E-state index < -0.39 is 24.4 Å². The molecule has 1 fully saturated rings. The molecule has 4 aromatic rings. The van der Waals surface area contributed by atoms with Crippen LogP contribution in [-0.2, 0) is 6.18 Å². The van der Waals surface area contributed by atoms with Gasteiger partial charge < -0.3 is 14.8 Å². The summed E-state index contributed by atoms with van der Waals surface area (Å²) in [5.74, 6) is -0.894. The Morgan fingerprint density at radius 1 is 1.08 bits per heavy atom. The quantitative estimate of drug-likeness (QED) is 0.347. The Labute approximate surface area is 206 Å². The van der Waals surface area contributed by atoms with Crippen molar-refractivity contribution in [3.8, 4) is 34.0 Å². The minimum absolute atomic E-state index is 0.0152. The number of ether oxygens (including phenoxy) is 2. The number of nitrogens with zero attached hydrogens (tertiary/aromatic N) is 4. The van der Waals surface area contributed by atoms with E-state index >= 15 is 0 Å². The Balaban J connectivity index is 1.53. The van der Waals surface area contributed by atoms with Crippen molar-refractivity contribution in [3.63, 3.8) is 0 Å². The molecule has 0 aliphatic heterocycles. The fourth-order valence-electron chi connectivity index (χ4n) is 3.79. The number of benzene rings is 1. The standard InChI is InChI=1S/C24H18F5N5O3/c1-36-17-8-13(9-18(37-23(25)26)21(17)22(35)31-14-2-3-14)16-11-30-20-10-12(6-7-34(16)20)15-4-5-19(33-32-15)24(27,28)29/h4-11,14,23H,2-3H2,1H3,(H,31,35). The zero-order valence-corrected chi connectivity index (χ0v) is 19.1. The van der Waals surface area contributed by atoms with Crippen molar-refractivity contribution in [2.75, 3.05) is 7.11 Å². The Morgan fingerprint density at radius 2 is 1.84 bits per heavy atom. The molecule has 1 amide bonds. The van der Waals surface area contributed by atoms with Crippen molar-refractivity contribution >= 4 is 11.6 Å². The third kappa shape index (κ3) is 5.01. The van der Waals surface area contributed by atoms with E-state index in [1.165, 1.54) is 31.5 Å². The molecule has 0 radical (unpaired) electrons. The minimum atomic E-state index is -4.60. The first-order valence-electron chi connectivity index (χ1n) is 11.0. The van der Waals surface area contributed by atoms with Crippen LogP contribution in [-0.4, -0.2) is 45.3 Å².